The lowest BCUT2D eigenvalue weighted by Crippen LogP contribution is -2.28. The van der Waals surface area contributed by atoms with Crippen LogP contribution in [0.5, 0.6) is 0 Å². The van der Waals surface area contributed by atoms with Crippen LogP contribution in [0.1, 0.15) is 38.2 Å². The van der Waals surface area contributed by atoms with Crippen molar-refractivity contribution in [2.75, 3.05) is 6.54 Å². The molecule has 1 heterocycles. The number of nitrogens with one attached hydrogen (secondary N) is 2. The van der Waals surface area contributed by atoms with Gasteiger partial charge in [-0.2, -0.15) is 0 Å². The largest absolute Gasteiger partial charge is 0.361 e. The molecule has 1 saturated carbocycles. The fourth-order valence-corrected chi connectivity index (χ4v) is 3.44. The Morgan fingerprint density at radius 1 is 1.33 bits per heavy atom. The van der Waals surface area contributed by atoms with E-state index in [0.717, 1.165) is 24.4 Å². The third-order valence-corrected chi connectivity index (χ3v) is 4.69. The first-order valence-electron chi connectivity index (χ1n) is 8.04. The van der Waals surface area contributed by atoms with E-state index in [0.29, 0.717) is 12.3 Å². The van der Waals surface area contributed by atoms with Crippen LogP contribution in [0.4, 0.5) is 0 Å². The molecular weight excluding hydrogens is 260 g/mol. The molecule has 2 N–H and O–H groups in total. The number of hydrogen-bond donors (Lipinski definition) is 2. The van der Waals surface area contributed by atoms with Gasteiger partial charge in [-0.05, 0) is 42.7 Å². The standard InChI is InChI=1S/C18H24N2O/c1-13-6-7-14(10-13)11-20-18(21)9-8-15-12-19-17-5-3-2-4-16(15)17/h2-5,12-14,19H,6-11H2,1H3,(H,20,21). The van der Waals surface area contributed by atoms with Crippen molar-refractivity contribution in [3.05, 3.63) is 36.0 Å². The van der Waals surface area contributed by atoms with E-state index in [9.17, 15) is 4.79 Å². The van der Waals surface area contributed by atoms with Crippen molar-refractivity contribution >= 4 is 16.8 Å². The van der Waals surface area contributed by atoms with Gasteiger partial charge < -0.3 is 10.3 Å². The SMILES string of the molecule is CC1CCC(CNC(=O)CCc2c[nH]c3ccccc23)C1. The van der Waals surface area contributed by atoms with Crippen LogP contribution in [0.15, 0.2) is 30.5 Å². The summed E-state index contributed by atoms with van der Waals surface area (Å²) < 4.78 is 0. The van der Waals surface area contributed by atoms with Crippen molar-refractivity contribution in [2.45, 2.75) is 39.0 Å². The summed E-state index contributed by atoms with van der Waals surface area (Å²) in [7, 11) is 0. The molecular formula is C18H24N2O. The zero-order chi connectivity index (χ0) is 14.7. The van der Waals surface area contributed by atoms with Crippen molar-refractivity contribution in [3.8, 4) is 0 Å². The lowest BCUT2D eigenvalue weighted by molar-refractivity contribution is -0.121. The molecule has 112 valence electrons. The highest BCUT2D eigenvalue weighted by molar-refractivity contribution is 5.84. The molecule has 0 radical (unpaired) electrons. The van der Waals surface area contributed by atoms with Crippen molar-refractivity contribution in [3.63, 3.8) is 0 Å². The van der Waals surface area contributed by atoms with E-state index in [1.165, 1.54) is 30.2 Å². The minimum absolute atomic E-state index is 0.180. The fourth-order valence-electron chi connectivity index (χ4n) is 3.44. The number of aromatic amines is 1. The molecule has 1 aromatic heterocycles. The molecule has 1 aliphatic carbocycles. The highest BCUT2D eigenvalue weighted by Crippen LogP contribution is 2.29. The number of carbonyl (C=O) groups is 1. The van der Waals surface area contributed by atoms with Gasteiger partial charge >= 0.3 is 0 Å². The zero-order valence-electron chi connectivity index (χ0n) is 12.7. The number of carbonyl (C=O) groups excluding carboxylic acids is 1. The molecule has 3 heteroatoms. The molecule has 21 heavy (non-hydrogen) atoms. The first-order valence-corrected chi connectivity index (χ1v) is 8.04. The number of para-hydroxylation sites is 1. The first-order chi connectivity index (χ1) is 10.2. The molecule has 1 aromatic carbocycles. The molecule has 2 atom stereocenters. The van der Waals surface area contributed by atoms with Gasteiger partial charge in [0.25, 0.3) is 0 Å². The van der Waals surface area contributed by atoms with E-state index in [1.807, 2.05) is 18.3 Å². The van der Waals surface area contributed by atoms with E-state index in [2.05, 4.69) is 29.4 Å². The predicted molar refractivity (Wildman–Crippen MR) is 86.1 cm³/mol. The van der Waals surface area contributed by atoms with Crippen LogP contribution in [0.2, 0.25) is 0 Å². The van der Waals surface area contributed by atoms with Crippen LogP contribution >= 0.6 is 0 Å². The summed E-state index contributed by atoms with van der Waals surface area (Å²) in [6.07, 6.45) is 7.25. The monoisotopic (exact) mass is 284 g/mol. The van der Waals surface area contributed by atoms with E-state index in [4.69, 9.17) is 0 Å². The minimum atomic E-state index is 0.180. The Morgan fingerprint density at radius 2 is 2.19 bits per heavy atom. The van der Waals surface area contributed by atoms with Gasteiger partial charge in [0.05, 0.1) is 0 Å². The molecule has 1 amide bonds. The van der Waals surface area contributed by atoms with Gasteiger partial charge in [-0.3, -0.25) is 4.79 Å². The fraction of sp³-hybridized carbons (Fsp3) is 0.500. The number of aromatic nitrogens is 1. The summed E-state index contributed by atoms with van der Waals surface area (Å²) in [5.41, 5.74) is 2.38. The van der Waals surface area contributed by atoms with Crippen LogP contribution in [-0.4, -0.2) is 17.4 Å². The second-order valence-corrected chi connectivity index (χ2v) is 6.45. The summed E-state index contributed by atoms with van der Waals surface area (Å²) >= 11 is 0. The average Bonchev–Trinajstić information content (AvgIpc) is 3.09. The quantitative estimate of drug-likeness (QED) is 0.865. The summed E-state index contributed by atoms with van der Waals surface area (Å²) in [6.45, 7) is 3.16. The van der Waals surface area contributed by atoms with E-state index < -0.39 is 0 Å². The number of H-pyrrole nitrogens is 1. The summed E-state index contributed by atoms with van der Waals surface area (Å²) in [5.74, 6) is 1.70. The van der Waals surface area contributed by atoms with Crippen molar-refractivity contribution in [1.82, 2.24) is 10.3 Å². The van der Waals surface area contributed by atoms with Crippen LogP contribution in [-0.2, 0) is 11.2 Å². The Kier molecular flexibility index (Phi) is 4.28. The Balaban J connectivity index is 1.47. The third kappa shape index (κ3) is 3.46. The molecule has 0 spiro atoms. The van der Waals surface area contributed by atoms with Gasteiger partial charge in [0, 0.05) is 30.1 Å². The van der Waals surface area contributed by atoms with Crippen LogP contribution in [0.3, 0.4) is 0 Å². The maximum atomic E-state index is 12.0. The lowest BCUT2D eigenvalue weighted by Gasteiger charge is -2.11. The molecule has 3 rings (SSSR count). The highest BCUT2D eigenvalue weighted by Gasteiger charge is 2.21. The first kappa shape index (κ1) is 14.2. The van der Waals surface area contributed by atoms with Crippen LogP contribution in [0.25, 0.3) is 10.9 Å². The molecule has 1 fully saturated rings. The molecule has 0 bridgehead atoms. The Bertz CT molecular complexity index is 616. The van der Waals surface area contributed by atoms with E-state index in [-0.39, 0.29) is 5.91 Å². The van der Waals surface area contributed by atoms with Gasteiger partial charge in [0.2, 0.25) is 5.91 Å². The van der Waals surface area contributed by atoms with Gasteiger partial charge in [0.1, 0.15) is 0 Å². The number of aryl methyl sites for hydroxylation is 1. The topological polar surface area (TPSA) is 44.9 Å². The number of amides is 1. The molecule has 0 aliphatic heterocycles. The van der Waals surface area contributed by atoms with Crippen molar-refractivity contribution in [1.29, 1.82) is 0 Å². The van der Waals surface area contributed by atoms with Gasteiger partial charge in [-0.15, -0.1) is 0 Å². The number of rotatable bonds is 5. The van der Waals surface area contributed by atoms with Crippen molar-refractivity contribution < 1.29 is 4.79 Å². The Labute approximate surface area is 126 Å². The predicted octanol–water partition coefficient (Wildman–Crippen LogP) is 3.65. The third-order valence-electron chi connectivity index (χ3n) is 4.69. The summed E-state index contributed by atoms with van der Waals surface area (Å²) in [4.78, 5) is 15.3. The molecule has 2 unspecified atom stereocenters. The maximum absolute atomic E-state index is 12.0. The second kappa shape index (κ2) is 6.33. The lowest BCUT2D eigenvalue weighted by atomic mass is 10.1. The van der Waals surface area contributed by atoms with Crippen molar-refractivity contribution in [2.24, 2.45) is 11.8 Å². The summed E-state index contributed by atoms with van der Waals surface area (Å²) in [5, 5.41) is 4.34. The molecule has 0 saturated heterocycles. The van der Waals surface area contributed by atoms with Gasteiger partial charge in [-0.1, -0.05) is 31.5 Å². The zero-order valence-corrected chi connectivity index (χ0v) is 12.7. The van der Waals surface area contributed by atoms with Gasteiger partial charge in [0.15, 0.2) is 0 Å². The number of hydrogen-bond acceptors (Lipinski definition) is 1. The van der Waals surface area contributed by atoms with Crippen LogP contribution in [0, 0.1) is 11.8 Å². The Morgan fingerprint density at radius 3 is 3.00 bits per heavy atom. The molecule has 1 aliphatic rings. The normalized spacial score (nSPS) is 21.8. The van der Waals surface area contributed by atoms with Gasteiger partial charge in [-0.25, -0.2) is 0 Å². The average molecular weight is 284 g/mol. The van der Waals surface area contributed by atoms with E-state index in [1.54, 1.807) is 0 Å². The Hall–Kier alpha value is -1.77. The molecule has 2 aromatic rings. The highest BCUT2D eigenvalue weighted by atomic mass is 16.1. The minimum Gasteiger partial charge on any atom is -0.361 e. The number of benzene rings is 1. The maximum Gasteiger partial charge on any atom is 0.220 e. The smallest absolute Gasteiger partial charge is 0.220 e. The second-order valence-electron chi connectivity index (χ2n) is 6.45. The summed E-state index contributed by atoms with van der Waals surface area (Å²) in [6, 6.07) is 8.25. The number of fused-ring (bicyclic) bond motifs is 1. The van der Waals surface area contributed by atoms with Crippen LogP contribution < -0.4 is 5.32 Å². The molecule has 3 nitrogen and oxygen atoms in total. The van der Waals surface area contributed by atoms with E-state index >= 15 is 0 Å².